The Bertz CT molecular complexity index is 505. The third-order valence-electron chi connectivity index (χ3n) is 4.60. The second kappa shape index (κ2) is 5.78. The minimum atomic E-state index is -0.629. The molecule has 1 fully saturated rings. The molecular weight excluding hydrogens is 270 g/mol. The van der Waals surface area contributed by atoms with E-state index in [0.717, 1.165) is 25.1 Å². The van der Waals surface area contributed by atoms with E-state index in [2.05, 4.69) is 36.1 Å². The highest BCUT2D eigenvalue weighted by atomic mass is 32.2. The molecule has 0 aromatic heterocycles. The Balaban J connectivity index is 1.79. The van der Waals surface area contributed by atoms with Gasteiger partial charge in [0.15, 0.2) is 0 Å². The zero-order valence-electron chi connectivity index (χ0n) is 11.8. The van der Waals surface area contributed by atoms with E-state index in [-0.39, 0.29) is 5.92 Å². The summed E-state index contributed by atoms with van der Waals surface area (Å²) in [5.41, 5.74) is 1.43. The normalized spacial score (nSPS) is 30.8. The van der Waals surface area contributed by atoms with Crippen LogP contribution in [0, 0.1) is 5.92 Å². The number of fused-ring (bicyclic) bond motifs is 1. The van der Waals surface area contributed by atoms with Crippen LogP contribution in [0.1, 0.15) is 37.8 Å². The van der Waals surface area contributed by atoms with Gasteiger partial charge in [0.25, 0.3) is 0 Å². The molecule has 108 valence electrons. The maximum Gasteiger partial charge on any atom is 0.306 e. The molecule has 2 aliphatic rings. The highest BCUT2D eigenvalue weighted by Gasteiger charge is 2.35. The molecule has 2 aliphatic heterocycles. The first-order valence-electron chi connectivity index (χ1n) is 7.37. The number of aliphatic carboxylic acids is 1. The van der Waals surface area contributed by atoms with Gasteiger partial charge >= 0.3 is 5.97 Å². The molecule has 0 amide bonds. The van der Waals surface area contributed by atoms with Crippen LogP contribution in [0.25, 0.3) is 0 Å². The van der Waals surface area contributed by atoms with Gasteiger partial charge in [0.2, 0.25) is 0 Å². The molecule has 3 rings (SSSR count). The number of carbonyl (C=O) groups is 1. The van der Waals surface area contributed by atoms with Crippen LogP contribution in [0.5, 0.6) is 0 Å². The fraction of sp³-hybridized carbons (Fsp3) is 0.562. The van der Waals surface area contributed by atoms with E-state index in [1.807, 2.05) is 11.8 Å². The molecule has 0 bridgehead atoms. The van der Waals surface area contributed by atoms with E-state index < -0.39 is 5.97 Å². The van der Waals surface area contributed by atoms with Crippen LogP contribution in [0.2, 0.25) is 0 Å². The lowest BCUT2D eigenvalue weighted by molar-refractivity contribution is -0.144. The summed E-state index contributed by atoms with van der Waals surface area (Å²) in [5.74, 6) is 0.373. The Hall–Kier alpha value is -1.00. The van der Waals surface area contributed by atoms with E-state index in [9.17, 15) is 9.90 Å². The third-order valence-corrected chi connectivity index (χ3v) is 5.73. The van der Waals surface area contributed by atoms with Gasteiger partial charge in [-0.2, -0.15) is 0 Å². The predicted octanol–water partition coefficient (Wildman–Crippen LogP) is 3.41. The van der Waals surface area contributed by atoms with Crippen LogP contribution >= 0.6 is 11.8 Å². The Morgan fingerprint density at radius 1 is 1.35 bits per heavy atom. The molecule has 1 aromatic rings. The molecule has 1 N–H and O–H groups in total. The topological polar surface area (TPSA) is 40.5 Å². The molecule has 20 heavy (non-hydrogen) atoms. The molecule has 4 heteroatoms. The Kier molecular flexibility index (Phi) is 4.03. The Morgan fingerprint density at radius 3 is 2.90 bits per heavy atom. The van der Waals surface area contributed by atoms with Crippen molar-refractivity contribution in [3.8, 4) is 0 Å². The summed E-state index contributed by atoms with van der Waals surface area (Å²) in [7, 11) is 0. The molecule has 3 atom stereocenters. The molecule has 1 aromatic carbocycles. The van der Waals surface area contributed by atoms with Gasteiger partial charge in [-0.3, -0.25) is 9.69 Å². The lowest BCUT2D eigenvalue weighted by Gasteiger charge is -2.43. The first-order valence-corrected chi connectivity index (χ1v) is 8.35. The number of thioether (sulfide) groups is 1. The van der Waals surface area contributed by atoms with Crippen LogP contribution in [0.3, 0.4) is 0 Å². The first-order chi connectivity index (χ1) is 9.66. The lowest BCUT2D eigenvalue weighted by Crippen LogP contribution is -2.45. The van der Waals surface area contributed by atoms with Crippen LogP contribution in [0.4, 0.5) is 0 Å². The highest BCUT2D eigenvalue weighted by molar-refractivity contribution is 7.99. The maximum absolute atomic E-state index is 11.2. The zero-order valence-corrected chi connectivity index (χ0v) is 12.6. The van der Waals surface area contributed by atoms with Gasteiger partial charge in [0, 0.05) is 17.0 Å². The monoisotopic (exact) mass is 291 g/mol. The number of likely N-dealkylation sites (tertiary alicyclic amines) is 1. The molecule has 3 unspecified atom stereocenters. The highest BCUT2D eigenvalue weighted by Crippen LogP contribution is 2.41. The SMILES string of the molecule is CC1CC(C(=O)O)CCN1C1CCSc2ccccc21. The van der Waals surface area contributed by atoms with E-state index in [1.165, 1.54) is 16.9 Å². The molecular formula is C16H21NO2S. The van der Waals surface area contributed by atoms with Gasteiger partial charge in [-0.15, -0.1) is 11.8 Å². The van der Waals surface area contributed by atoms with E-state index in [1.54, 1.807) is 0 Å². The maximum atomic E-state index is 11.2. The minimum Gasteiger partial charge on any atom is -0.481 e. The second-order valence-corrected chi connectivity index (χ2v) is 6.97. The fourth-order valence-electron chi connectivity index (χ4n) is 3.55. The predicted molar refractivity (Wildman–Crippen MR) is 81.1 cm³/mol. The van der Waals surface area contributed by atoms with E-state index in [0.29, 0.717) is 12.1 Å². The van der Waals surface area contributed by atoms with Crippen molar-refractivity contribution in [3.05, 3.63) is 29.8 Å². The van der Waals surface area contributed by atoms with Gasteiger partial charge in [0.1, 0.15) is 0 Å². The second-order valence-electron chi connectivity index (χ2n) is 5.84. The minimum absolute atomic E-state index is 0.158. The number of rotatable bonds is 2. The summed E-state index contributed by atoms with van der Waals surface area (Å²) >= 11 is 1.94. The molecule has 0 spiro atoms. The van der Waals surface area contributed by atoms with E-state index in [4.69, 9.17) is 0 Å². The number of nitrogens with zero attached hydrogens (tertiary/aromatic N) is 1. The summed E-state index contributed by atoms with van der Waals surface area (Å²) in [6, 6.07) is 9.49. The van der Waals surface area contributed by atoms with Gasteiger partial charge in [0.05, 0.1) is 5.92 Å². The van der Waals surface area contributed by atoms with Crippen molar-refractivity contribution in [3.63, 3.8) is 0 Å². The fourth-order valence-corrected chi connectivity index (χ4v) is 4.65. The first kappa shape index (κ1) is 14.0. The molecule has 0 aliphatic carbocycles. The quantitative estimate of drug-likeness (QED) is 0.906. The zero-order chi connectivity index (χ0) is 14.1. The van der Waals surface area contributed by atoms with Crippen LogP contribution in [0.15, 0.2) is 29.2 Å². The van der Waals surface area contributed by atoms with Crippen molar-refractivity contribution in [2.24, 2.45) is 5.92 Å². The van der Waals surface area contributed by atoms with Crippen LogP contribution < -0.4 is 0 Å². The van der Waals surface area contributed by atoms with Crippen molar-refractivity contribution in [2.75, 3.05) is 12.3 Å². The van der Waals surface area contributed by atoms with Crippen molar-refractivity contribution < 1.29 is 9.90 Å². The molecule has 1 saturated heterocycles. The number of carboxylic acid groups (broad SMARTS) is 1. The average molecular weight is 291 g/mol. The van der Waals surface area contributed by atoms with Crippen molar-refractivity contribution >= 4 is 17.7 Å². The third kappa shape index (κ3) is 2.59. The molecule has 0 radical (unpaired) electrons. The molecule has 0 saturated carbocycles. The van der Waals surface area contributed by atoms with Crippen molar-refractivity contribution in [1.29, 1.82) is 0 Å². The molecule has 2 heterocycles. The van der Waals surface area contributed by atoms with Crippen molar-refractivity contribution in [1.82, 2.24) is 4.90 Å². The van der Waals surface area contributed by atoms with Gasteiger partial charge in [-0.25, -0.2) is 0 Å². The number of hydrogen-bond donors (Lipinski definition) is 1. The van der Waals surface area contributed by atoms with Crippen molar-refractivity contribution in [2.45, 2.75) is 43.2 Å². The summed E-state index contributed by atoms with van der Waals surface area (Å²) in [6.45, 7) is 3.08. The van der Waals surface area contributed by atoms with Gasteiger partial charge in [-0.05, 0) is 50.1 Å². The lowest BCUT2D eigenvalue weighted by atomic mass is 9.88. The number of piperidine rings is 1. The Labute approximate surface area is 124 Å². The standard InChI is InChI=1S/C16H21NO2S/c1-11-10-12(16(18)19)6-8-17(11)14-7-9-20-15-5-3-2-4-13(14)15/h2-5,11-12,14H,6-10H2,1H3,(H,18,19). The number of carboxylic acids is 1. The van der Waals surface area contributed by atoms with E-state index >= 15 is 0 Å². The Morgan fingerprint density at radius 2 is 2.15 bits per heavy atom. The van der Waals surface area contributed by atoms with Gasteiger partial charge in [-0.1, -0.05) is 18.2 Å². The molecule has 3 nitrogen and oxygen atoms in total. The average Bonchev–Trinajstić information content (AvgIpc) is 2.46. The smallest absolute Gasteiger partial charge is 0.306 e. The number of benzene rings is 1. The van der Waals surface area contributed by atoms with Crippen LogP contribution in [-0.4, -0.2) is 34.3 Å². The number of hydrogen-bond acceptors (Lipinski definition) is 3. The summed E-state index contributed by atoms with van der Waals surface area (Å²) in [4.78, 5) is 15.1. The summed E-state index contributed by atoms with van der Waals surface area (Å²) in [6.07, 6.45) is 2.73. The van der Waals surface area contributed by atoms with Crippen LogP contribution in [-0.2, 0) is 4.79 Å². The summed E-state index contributed by atoms with van der Waals surface area (Å²) < 4.78 is 0. The summed E-state index contributed by atoms with van der Waals surface area (Å²) in [5, 5.41) is 9.19. The van der Waals surface area contributed by atoms with Gasteiger partial charge < -0.3 is 5.11 Å². The largest absolute Gasteiger partial charge is 0.481 e.